The van der Waals surface area contributed by atoms with Crippen LogP contribution in [0.3, 0.4) is 0 Å². The molecular formula is C19H22N2O2. The molecule has 1 aromatic carbocycles. The molecule has 3 rings (SSSR count). The Kier molecular flexibility index (Phi) is 4.91. The maximum atomic E-state index is 13.0. The first-order valence-corrected chi connectivity index (χ1v) is 8.23. The third-order valence-corrected chi connectivity index (χ3v) is 4.49. The van der Waals surface area contributed by atoms with Crippen LogP contribution in [0, 0.1) is 0 Å². The first kappa shape index (κ1) is 15.5. The number of nitrogens with zero attached hydrogens (tertiary/aromatic N) is 2. The van der Waals surface area contributed by atoms with Crippen LogP contribution < -0.4 is 0 Å². The zero-order valence-corrected chi connectivity index (χ0v) is 13.2. The van der Waals surface area contributed by atoms with Crippen molar-refractivity contribution in [1.29, 1.82) is 0 Å². The number of benzene rings is 1. The number of aromatic nitrogens is 1. The van der Waals surface area contributed by atoms with Crippen molar-refractivity contribution < 1.29 is 9.90 Å². The summed E-state index contributed by atoms with van der Waals surface area (Å²) in [5, 5.41) is 9.44. The Morgan fingerprint density at radius 3 is 2.35 bits per heavy atom. The number of pyridine rings is 1. The lowest BCUT2D eigenvalue weighted by molar-refractivity contribution is 0.0614. The van der Waals surface area contributed by atoms with E-state index in [4.69, 9.17) is 0 Å². The molecular weight excluding hydrogens is 288 g/mol. The minimum atomic E-state index is 0.0624. The Bertz CT molecular complexity index is 634. The first-order valence-electron chi connectivity index (χ1n) is 8.23. The quantitative estimate of drug-likeness (QED) is 0.935. The van der Waals surface area contributed by atoms with Crippen molar-refractivity contribution >= 4 is 5.91 Å². The van der Waals surface area contributed by atoms with E-state index in [-0.39, 0.29) is 11.7 Å². The summed E-state index contributed by atoms with van der Waals surface area (Å²) < 4.78 is 0. The van der Waals surface area contributed by atoms with Crippen LogP contribution in [0.25, 0.3) is 0 Å². The number of hydrogen-bond acceptors (Lipinski definition) is 3. The van der Waals surface area contributed by atoms with Crippen LogP contribution >= 0.6 is 0 Å². The molecule has 4 heteroatoms. The number of hydrogen-bond donors (Lipinski definition) is 1. The van der Waals surface area contributed by atoms with E-state index in [9.17, 15) is 9.90 Å². The number of aromatic hydroxyl groups is 1. The van der Waals surface area contributed by atoms with Crippen molar-refractivity contribution in [2.24, 2.45) is 0 Å². The number of carbonyl (C=O) groups excluding carboxylic acids is 1. The van der Waals surface area contributed by atoms with Gasteiger partial charge in [0.2, 0.25) is 0 Å². The summed E-state index contributed by atoms with van der Waals surface area (Å²) in [6, 6.07) is 10.9. The van der Waals surface area contributed by atoms with E-state index in [1.807, 2.05) is 17.0 Å². The molecule has 4 nitrogen and oxygen atoms in total. The highest BCUT2D eigenvalue weighted by Crippen LogP contribution is 2.26. The van der Waals surface area contributed by atoms with Crippen LogP contribution in [-0.2, 0) is 6.54 Å². The third kappa shape index (κ3) is 3.89. The maximum absolute atomic E-state index is 13.0. The molecule has 0 radical (unpaired) electrons. The predicted octanol–water partition coefficient (Wildman–Crippen LogP) is 3.76. The molecule has 0 atom stereocenters. The van der Waals surface area contributed by atoms with Crippen molar-refractivity contribution in [2.75, 3.05) is 0 Å². The zero-order valence-electron chi connectivity index (χ0n) is 13.2. The van der Waals surface area contributed by atoms with Crippen molar-refractivity contribution in [3.05, 3.63) is 59.9 Å². The fourth-order valence-electron chi connectivity index (χ4n) is 3.22. The molecule has 1 amide bonds. The number of phenolic OH excluding ortho intramolecular Hbond substituents is 1. The highest BCUT2D eigenvalue weighted by atomic mass is 16.3. The number of phenols is 1. The van der Waals surface area contributed by atoms with Crippen LogP contribution in [0.1, 0.15) is 48.0 Å². The van der Waals surface area contributed by atoms with Gasteiger partial charge in [0.15, 0.2) is 0 Å². The van der Waals surface area contributed by atoms with Crippen LogP contribution in [0.15, 0.2) is 48.8 Å². The Balaban J connectivity index is 1.83. The van der Waals surface area contributed by atoms with Gasteiger partial charge in [0.1, 0.15) is 5.75 Å². The van der Waals surface area contributed by atoms with Crippen LogP contribution in [0.5, 0.6) is 5.75 Å². The lowest BCUT2D eigenvalue weighted by atomic mass is 9.93. The van der Waals surface area contributed by atoms with Crippen LogP contribution in [-0.4, -0.2) is 26.9 Å². The Morgan fingerprint density at radius 2 is 1.70 bits per heavy atom. The van der Waals surface area contributed by atoms with Crippen LogP contribution in [0.4, 0.5) is 0 Å². The lowest BCUT2D eigenvalue weighted by Gasteiger charge is -2.34. The van der Waals surface area contributed by atoms with Crippen molar-refractivity contribution in [2.45, 2.75) is 44.7 Å². The molecule has 1 fully saturated rings. The van der Waals surface area contributed by atoms with Crippen LogP contribution in [0.2, 0.25) is 0 Å². The van der Waals surface area contributed by atoms with Gasteiger partial charge in [-0.05, 0) is 42.7 Å². The molecule has 0 saturated heterocycles. The summed E-state index contributed by atoms with van der Waals surface area (Å²) in [7, 11) is 0. The topological polar surface area (TPSA) is 53.4 Å². The van der Waals surface area contributed by atoms with Gasteiger partial charge < -0.3 is 10.0 Å². The summed E-state index contributed by atoms with van der Waals surface area (Å²) in [6.45, 7) is 0.575. The maximum Gasteiger partial charge on any atom is 0.254 e. The van der Waals surface area contributed by atoms with Gasteiger partial charge in [-0.25, -0.2) is 0 Å². The highest BCUT2D eigenvalue weighted by molar-refractivity contribution is 5.94. The van der Waals surface area contributed by atoms with Gasteiger partial charge in [-0.2, -0.15) is 0 Å². The second-order valence-corrected chi connectivity index (χ2v) is 6.13. The summed E-state index contributed by atoms with van der Waals surface area (Å²) >= 11 is 0. The minimum Gasteiger partial charge on any atom is -0.508 e. The van der Waals surface area contributed by atoms with Crippen molar-refractivity contribution in [1.82, 2.24) is 9.88 Å². The molecule has 2 aromatic rings. The molecule has 1 aliphatic carbocycles. The molecule has 0 aliphatic heterocycles. The molecule has 0 bridgehead atoms. The molecule has 1 aromatic heterocycles. The smallest absolute Gasteiger partial charge is 0.254 e. The van der Waals surface area contributed by atoms with E-state index in [1.165, 1.54) is 19.3 Å². The Hall–Kier alpha value is -2.36. The Morgan fingerprint density at radius 1 is 1.04 bits per heavy atom. The molecule has 1 N–H and O–H groups in total. The van der Waals surface area contributed by atoms with Gasteiger partial charge >= 0.3 is 0 Å². The minimum absolute atomic E-state index is 0.0624. The van der Waals surface area contributed by atoms with E-state index in [1.54, 1.807) is 36.7 Å². The fraction of sp³-hybridized carbons (Fsp3) is 0.368. The fourth-order valence-corrected chi connectivity index (χ4v) is 3.22. The largest absolute Gasteiger partial charge is 0.508 e. The number of amides is 1. The first-order chi connectivity index (χ1) is 11.2. The van der Waals surface area contributed by atoms with Gasteiger partial charge in [0, 0.05) is 30.5 Å². The average Bonchev–Trinajstić information content (AvgIpc) is 2.62. The number of rotatable bonds is 4. The standard InChI is InChI=1S/C19H22N2O2/c22-18-8-6-15(7-9-18)14-21(17-4-2-1-3-5-17)19(23)16-10-12-20-13-11-16/h6-13,17,22H,1-5,14H2. The van der Waals surface area contributed by atoms with Gasteiger partial charge in [-0.1, -0.05) is 31.4 Å². The van der Waals surface area contributed by atoms with E-state index >= 15 is 0 Å². The van der Waals surface area contributed by atoms with Gasteiger partial charge in [0.25, 0.3) is 5.91 Å². The third-order valence-electron chi connectivity index (χ3n) is 4.49. The van der Waals surface area contributed by atoms with E-state index in [2.05, 4.69) is 4.98 Å². The van der Waals surface area contributed by atoms with E-state index in [0.29, 0.717) is 18.2 Å². The monoisotopic (exact) mass is 310 g/mol. The van der Waals surface area contributed by atoms with Gasteiger partial charge in [0.05, 0.1) is 0 Å². The van der Waals surface area contributed by atoms with Gasteiger partial charge in [-0.3, -0.25) is 9.78 Å². The van der Waals surface area contributed by atoms with Crippen molar-refractivity contribution in [3.63, 3.8) is 0 Å². The SMILES string of the molecule is O=C(c1ccncc1)N(Cc1ccc(O)cc1)C1CCCCC1. The number of carbonyl (C=O) groups is 1. The highest BCUT2D eigenvalue weighted by Gasteiger charge is 2.26. The van der Waals surface area contributed by atoms with Crippen molar-refractivity contribution in [3.8, 4) is 5.75 Å². The second-order valence-electron chi connectivity index (χ2n) is 6.13. The summed E-state index contributed by atoms with van der Waals surface area (Å²) in [6.07, 6.45) is 9.07. The second kappa shape index (κ2) is 7.27. The lowest BCUT2D eigenvalue weighted by Crippen LogP contribution is -2.41. The predicted molar refractivity (Wildman–Crippen MR) is 89.1 cm³/mol. The average molecular weight is 310 g/mol. The Labute approximate surface area is 136 Å². The molecule has 1 aliphatic rings. The molecule has 120 valence electrons. The van der Waals surface area contributed by atoms with E-state index in [0.717, 1.165) is 18.4 Å². The molecule has 0 spiro atoms. The van der Waals surface area contributed by atoms with Gasteiger partial charge in [-0.15, -0.1) is 0 Å². The molecule has 23 heavy (non-hydrogen) atoms. The molecule has 1 saturated carbocycles. The zero-order chi connectivity index (χ0) is 16.1. The molecule has 0 unspecified atom stereocenters. The molecule has 1 heterocycles. The summed E-state index contributed by atoms with van der Waals surface area (Å²) in [5.74, 6) is 0.311. The van der Waals surface area contributed by atoms with E-state index < -0.39 is 0 Å². The summed E-state index contributed by atoms with van der Waals surface area (Å²) in [4.78, 5) is 18.9. The normalized spacial score (nSPS) is 15.3. The summed E-state index contributed by atoms with van der Waals surface area (Å²) in [5.41, 5.74) is 1.72.